The highest BCUT2D eigenvalue weighted by Gasteiger charge is 2.16. The molecule has 142 valence electrons. The van der Waals surface area contributed by atoms with Crippen molar-refractivity contribution < 1.29 is 23.6 Å². The van der Waals surface area contributed by atoms with E-state index in [0.717, 1.165) is 6.07 Å². The maximum Gasteiger partial charge on any atom is 0.259 e. The van der Waals surface area contributed by atoms with Gasteiger partial charge in [-0.15, -0.1) is 0 Å². The highest BCUT2D eigenvalue weighted by atomic mass is 19.1. The summed E-state index contributed by atoms with van der Waals surface area (Å²) in [5.41, 5.74) is 0.552. The number of H-pyrrole nitrogens is 1. The van der Waals surface area contributed by atoms with Gasteiger partial charge in [0.1, 0.15) is 24.2 Å². The van der Waals surface area contributed by atoms with Gasteiger partial charge < -0.3 is 19.8 Å². The lowest BCUT2D eigenvalue weighted by atomic mass is 10.1. The predicted octanol–water partition coefficient (Wildman–Crippen LogP) is 2.04. The largest absolute Gasteiger partial charge is 0.493 e. The van der Waals surface area contributed by atoms with Gasteiger partial charge in [-0.05, 0) is 25.1 Å². The molecule has 3 rings (SSSR count). The minimum absolute atomic E-state index is 0.281. The smallest absolute Gasteiger partial charge is 0.259 e. The summed E-state index contributed by atoms with van der Waals surface area (Å²) in [6.45, 7) is 2.11. The maximum atomic E-state index is 13.9. The summed E-state index contributed by atoms with van der Waals surface area (Å²) in [7, 11) is 3.00. The molecule has 0 radical (unpaired) electrons. The van der Waals surface area contributed by atoms with Gasteiger partial charge in [0, 0.05) is 17.7 Å². The predicted molar refractivity (Wildman–Crippen MR) is 95.9 cm³/mol. The van der Waals surface area contributed by atoms with E-state index in [4.69, 9.17) is 9.47 Å². The number of rotatable bonds is 6. The van der Waals surface area contributed by atoms with E-state index in [1.807, 2.05) is 0 Å². The van der Waals surface area contributed by atoms with Crippen molar-refractivity contribution in [3.8, 4) is 11.5 Å². The van der Waals surface area contributed by atoms with Crippen LogP contribution >= 0.6 is 0 Å². The number of benzene rings is 2. The van der Waals surface area contributed by atoms with Gasteiger partial charge in [-0.2, -0.15) is 0 Å². The Morgan fingerprint density at radius 3 is 2.52 bits per heavy atom. The second-order valence-electron chi connectivity index (χ2n) is 6.13. The van der Waals surface area contributed by atoms with Crippen LogP contribution in [0.3, 0.4) is 0 Å². The molecule has 0 saturated carbocycles. The zero-order chi connectivity index (χ0) is 19.6. The zero-order valence-corrected chi connectivity index (χ0v) is 15.2. The quantitative estimate of drug-likeness (QED) is 0.690. The monoisotopic (exact) mass is 376 g/mol. The lowest BCUT2D eigenvalue weighted by molar-refractivity contribution is -0.709. The van der Waals surface area contributed by atoms with Crippen molar-refractivity contribution in [2.24, 2.45) is 0 Å². The van der Waals surface area contributed by atoms with E-state index in [9.17, 15) is 13.6 Å². The van der Waals surface area contributed by atoms with Crippen LogP contribution in [0.1, 0.15) is 24.4 Å². The normalized spacial score (nSPS) is 12.2. The summed E-state index contributed by atoms with van der Waals surface area (Å²) in [5, 5.41) is 2.19. The molecule has 0 amide bonds. The first-order valence-corrected chi connectivity index (χ1v) is 8.36. The highest BCUT2D eigenvalue weighted by molar-refractivity contribution is 5.81. The molecule has 0 fully saturated rings. The summed E-state index contributed by atoms with van der Waals surface area (Å²) in [5.74, 6) is 0.134. The van der Waals surface area contributed by atoms with Crippen LogP contribution in [0.15, 0.2) is 35.1 Å². The van der Waals surface area contributed by atoms with Crippen LogP contribution in [0.25, 0.3) is 10.9 Å². The van der Waals surface area contributed by atoms with Gasteiger partial charge in [-0.25, -0.2) is 13.8 Å². The molecule has 0 aliphatic carbocycles. The topological polar surface area (TPSA) is 80.8 Å². The molecule has 27 heavy (non-hydrogen) atoms. The third-order valence-corrected chi connectivity index (χ3v) is 4.38. The van der Waals surface area contributed by atoms with E-state index < -0.39 is 11.6 Å². The number of halogens is 2. The fraction of sp³-hybridized carbons (Fsp3) is 0.263. The van der Waals surface area contributed by atoms with Crippen LogP contribution in [0.5, 0.6) is 11.5 Å². The third-order valence-electron chi connectivity index (χ3n) is 4.38. The summed E-state index contributed by atoms with van der Waals surface area (Å²) in [6.07, 6.45) is 0. The van der Waals surface area contributed by atoms with Gasteiger partial charge in [0.15, 0.2) is 17.3 Å². The van der Waals surface area contributed by atoms with E-state index in [-0.39, 0.29) is 11.6 Å². The Kier molecular flexibility index (Phi) is 5.36. The van der Waals surface area contributed by atoms with Gasteiger partial charge >= 0.3 is 0 Å². The summed E-state index contributed by atoms with van der Waals surface area (Å²) in [4.78, 5) is 19.5. The molecule has 0 unspecified atom stereocenters. The van der Waals surface area contributed by atoms with E-state index in [0.29, 0.717) is 40.3 Å². The molecular weight excluding hydrogens is 356 g/mol. The number of aromatic nitrogens is 2. The molecule has 3 aromatic rings. The van der Waals surface area contributed by atoms with Gasteiger partial charge in [-0.1, -0.05) is 0 Å². The molecule has 0 saturated heterocycles. The number of nitrogens with two attached hydrogens (primary N) is 1. The number of hydrogen-bond donors (Lipinski definition) is 2. The number of ether oxygens (including phenoxy) is 2. The summed E-state index contributed by atoms with van der Waals surface area (Å²) in [6, 6.07) is 6.42. The molecular formula is C19H20F2N3O3+. The molecule has 3 N–H and O–H groups in total. The molecule has 1 atom stereocenters. The standard InChI is InChI=1S/C19H19F2N3O3/c1-10(12-5-4-11(20)6-14(12)21)22-9-18-23-15-8-17(27-3)16(26-2)7-13(15)19(25)24-18/h4-8,10,22H,9H2,1-3H3,(H,23,24,25)/p+1/t10-/m1/s1. The molecule has 0 aliphatic heterocycles. The van der Waals surface area contributed by atoms with Gasteiger partial charge in [0.05, 0.1) is 25.1 Å². The maximum absolute atomic E-state index is 13.9. The van der Waals surface area contributed by atoms with Crippen LogP contribution in [0.2, 0.25) is 0 Å². The number of fused-ring (bicyclic) bond motifs is 1. The first-order valence-electron chi connectivity index (χ1n) is 8.36. The van der Waals surface area contributed by atoms with Crippen molar-refractivity contribution in [2.75, 3.05) is 14.2 Å². The Labute approximate surface area is 154 Å². The first kappa shape index (κ1) is 18.8. The Hall–Kier alpha value is -3.00. The van der Waals surface area contributed by atoms with Crippen molar-refractivity contribution in [1.82, 2.24) is 9.97 Å². The van der Waals surface area contributed by atoms with Crippen LogP contribution in [-0.2, 0) is 6.54 Å². The minimum Gasteiger partial charge on any atom is -0.493 e. The Bertz CT molecular complexity index is 1040. The van der Waals surface area contributed by atoms with E-state index in [1.165, 1.54) is 26.4 Å². The number of nitrogens with one attached hydrogen (secondary N) is 1. The third kappa shape index (κ3) is 3.90. The van der Waals surface area contributed by atoms with Gasteiger partial charge in [0.2, 0.25) is 0 Å². The Balaban J connectivity index is 1.85. The Morgan fingerprint density at radius 1 is 1.15 bits per heavy atom. The van der Waals surface area contributed by atoms with Crippen LogP contribution in [0.4, 0.5) is 8.78 Å². The first-order chi connectivity index (χ1) is 12.9. The van der Waals surface area contributed by atoms with Crippen LogP contribution in [0, 0.1) is 11.6 Å². The van der Waals surface area contributed by atoms with E-state index in [1.54, 1.807) is 24.4 Å². The van der Waals surface area contributed by atoms with E-state index >= 15 is 0 Å². The second kappa shape index (κ2) is 7.71. The molecule has 0 aliphatic rings. The van der Waals surface area contributed by atoms with Gasteiger partial charge in [0.25, 0.3) is 5.56 Å². The number of quaternary nitrogens is 1. The lowest BCUT2D eigenvalue weighted by Crippen LogP contribution is -2.83. The van der Waals surface area contributed by atoms with Crippen molar-refractivity contribution in [3.63, 3.8) is 0 Å². The SMILES string of the molecule is COc1cc2nc(C[NH2+][C@H](C)c3ccc(F)cc3F)[nH]c(=O)c2cc1OC. The molecule has 1 aromatic heterocycles. The fourth-order valence-electron chi connectivity index (χ4n) is 2.90. The summed E-state index contributed by atoms with van der Waals surface area (Å²) < 4.78 is 37.4. The number of aromatic amines is 1. The number of hydrogen-bond acceptors (Lipinski definition) is 4. The Morgan fingerprint density at radius 2 is 1.85 bits per heavy atom. The van der Waals surface area contributed by atoms with Crippen molar-refractivity contribution in [3.05, 3.63) is 63.7 Å². The number of methoxy groups -OCH3 is 2. The van der Waals surface area contributed by atoms with Crippen molar-refractivity contribution >= 4 is 10.9 Å². The average Bonchev–Trinajstić information content (AvgIpc) is 2.65. The fourth-order valence-corrected chi connectivity index (χ4v) is 2.90. The molecule has 1 heterocycles. The minimum atomic E-state index is -0.617. The van der Waals surface area contributed by atoms with Gasteiger partial charge in [-0.3, -0.25) is 4.79 Å². The lowest BCUT2D eigenvalue weighted by Gasteiger charge is -2.12. The van der Waals surface area contributed by atoms with Crippen LogP contribution in [-0.4, -0.2) is 24.2 Å². The molecule has 6 nitrogen and oxygen atoms in total. The zero-order valence-electron chi connectivity index (χ0n) is 15.2. The second-order valence-corrected chi connectivity index (χ2v) is 6.13. The highest BCUT2D eigenvalue weighted by Crippen LogP contribution is 2.29. The summed E-state index contributed by atoms with van der Waals surface area (Å²) >= 11 is 0. The number of nitrogens with zero attached hydrogens (tertiary/aromatic N) is 1. The van der Waals surface area contributed by atoms with Crippen molar-refractivity contribution in [1.29, 1.82) is 0 Å². The molecule has 2 aromatic carbocycles. The molecule has 0 bridgehead atoms. The molecule has 8 heteroatoms. The molecule has 0 spiro atoms. The van der Waals surface area contributed by atoms with Crippen molar-refractivity contribution in [2.45, 2.75) is 19.5 Å². The van der Waals surface area contributed by atoms with Crippen LogP contribution < -0.4 is 20.3 Å². The van der Waals surface area contributed by atoms with E-state index in [2.05, 4.69) is 9.97 Å². The average molecular weight is 376 g/mol.